The van der Waals surface area contributed by atoms with Crippen LogP contribution >= 0.6 is 0 Å². The minimum absolute atomic E-state index is 0.562. The number of allylic oxidation sites excluding steroid dienone is 1. The summed E-state index contributed by atoms with van der Waals surface area (Å²) in [4.78, 5) is 4.08. The summed E-state index contributed by atoms with van der Waals surface area (Å²) in [6.07, 6.45) is 2.97. The maximum absolute atomic E-state index is 4.08. The van der Waals surface area contributed by atoms with E-state index in [4.69, 9.17) is 0 Å². The van der Waals surface area contributed by atoms with Crippen LogP contribution in [0.3, 0.4) is 0 Å². The number of rotatable bonds is 3. The number of hydrogen-bond donors (Lipinski definition) is 0. The van der Waals surface area contributed by atoms with Gasteiger partial charge in [0, 0.05) is 12.8 Å². The van der Waals surface area contributed by atoms with Crippen LogP contribution in [0.1, 0.15) is 20.3 Å². The molecule has 0 aliphatic carbocycles. The first-order valence-electron chi connectivity index (χ1n) is 3.35. The molecule has 0 aromatic heterocycles. The van der Waals surface area contributed by atoms with E-state index in [0.29, 0.717) is 5.92 Å². The highest BCUT2D eigenvalue weighted by Gasteiger charge is 2.01. The van der Waals surface area contributed by atoms with Crippen molar-refractivity contribution >= 4 is 5.71 Å². The Kier molecular flexibility index (Phi) is 4.02. The molecule has 9 heavy (non-hydrogen) atoms. The Balaban J connectivity index is 3.95. The topological polar surface area (TPSA) is 12.4 Å². The molecule has 1 unspecified atom stereocenters. The van der Waals surface area contributed by atoms with E-state index in [2.05, 4.69) is 25.4 Å². The molecule has 0 saturated carbocycles. The lowest BCUT2D eigenvalue weighted by molar-refractivity contribution is 0.741. The molecule has 0 aliphatic rings. The lowest BCUT2D eigenvalue weighted by atomic mass is 10.0. The highest BCUT2D eigenvalue weighted by molar-refractivity contribution is 5.95. The van der Waals surface area contributed by atoms with Gasteiger partial charge in [0.1, 0.15) is 0 Å². The molecule has 1 nitrogen and oxygen atoms in total. The zero-order valence-electron chi connectivity index (χ0n) is 6.52. The van der Waals surface area contributed by atoms with E-state index >= 15 is 0 Å². The van der Waals surface area contributed by atoms with Crippen LogP contribution in [0.2, 0.25) is 0 Å². The second-order valence-electron chi connectivity index (χ2n) is 2.16. The summed E-state index contributed by atoms with van der Waals surface area (Å²) in [5.74, 6) is 0.562. The van der Waals surface area contributed by atoms with Gasteiger partial charge >= 0.3 is 0 Å². The minimum Gasteiger partial charge on any atom is -0.293 e. The van der Waals surface area contributed by atoms with Crippen molar-refractivity contribution in [1.82, 2.24) is 0 Å². The van der Waals surface area contributed by atoms with Gasteiger partial charge in [0.2, 0.25) is 0 Å². The van der Waals surface area contributed by atoms with Gasteiger partial charge in [-0.2, -0.15) is 0 Å². The molecule has 1 atom stereocenters. The molecule has 0 spiro atoms. The Labute approximate surface area is 57.5 Å². The number of aliphatic imine (C=N–C) groups is 1. The third kappa shape index (κ3) is 2.45. The van der Waals surface area contributed by atoms with Crippen LogP contribution in [-0.4, -0.2) is 12.8 Å². The average Bonchev–Trinajstić information content (AvgIpc) is 1.90. The molecule has 0 heterocycles. The zero-order chi connectivity index (χ0) is 7.28. The predicted octanol–water partition coefficient (Wildman–Crippen LogP) is 2.29. The first kappa shape index (κ1) is 8.41. The second-order valence-corrected chi connectivity index (χ2v) is 2.16. The Morgan fingerprint density at radius 3 is 2.44 bits per heavy atom. The summed E-state index contributed by atoms with van der Waals surface area (Å²) in [6.45, 7) is 7.98. The highest BCUT2D eigenvalue weighted by atomic mass is 14.7. The maximum atomic E-state index is 4.08. The second kappa shape index (κ2) is 4.30. The van der Waals surface area contributed by atoms with Gasteiger partial charge in [-0.15, -0.1) is 0 Å². The Hall–Kier alpha value is -0.590. The third-order valence-electron chi connectivity index (χ3n) is 1.58. The summed E-state index contributed by atoms with van der Waals surface area (Å²) >= 11 is 0. The molecular formula is C8H15N. The van der Waals surface area contributed by atoms with E-state index in [1.165, 1.54) is 0 Å². The lowest BCUT2D eigenvalue weighted by Crippen LogP contribution is -2.05. The van der Waals surface area contributed by atoms with E-state index in [9.17, 15) is 0 Å². The summed E-state index contributed by atoms with van der Waals surface area (Å²) in [5, 5.41) is 0. The van der Waals surface area contributed by atoms with Crippen molar-refractivity contribution in [2.24, 2.45) is 10.9 Å². The lowest BCUT2D eigenvalue weighted by Gasteiger charge is -2.05. The molecule has 0 bridgehead atoms. The maximum Gasteiger partial charge on any atom is 0.0367 e. The quantitative estimate of drug-likeness (QED) is 0.513. The SMILES string of the molecule is C=CC(=NC)C(C)CC. The van der Waals surface area contributed by atoms with Crippen molar-refractivity contribution in [2.75, 3.05) is 7.05 Å². The Morgan fingerprint density at radius 2 is 2.33 bits per heavy atom. The molecule has 0 aromatic carbocycles. The van der Waals surface area contributed by atoms with Crippen LogP contribution < -0.4 is 0 Å². The Bertz CT molecular complexity index is 114. The average molecular weight is 125 g/mol. The molecule has 0 saturated heterocycles. The third-order valence-corrected chi connectivity index (χ3v) is 1.58. The van der Waals surface area contributed by atoms with Crippen molar-refractivity contribution in [3.05, 3.63) is 12.7 Å². The fraction of sp³-hybridized carbons (Fsp3) is 0.625. The summed E-state index contributed by atoms with van der Waals surface area (Å²) in [7, 11) is 1.81. The van der Waals surface area contributed by atoms with Crippen LogP contribution in [0.5, 0.6) is 0 Å². The molecular weight excluding hydrogens is 110 g/mol. The van der Waals surface area contributed by atoms with Gasteiger partial charge in [0.15, 0.2) is 0 Å². The van der Waals surface area contributed by atoms with Gasteiger partial charge < -0.3 is 0 Å². The molecule has 0 rings (SSSR count). The normalized spacial score (nSPS) is 15.2. The van der Waals surface area contributed by atoms with Gasteiger partial charge in [0.25, 0.3) is 0 Å². The highest BCUT2D eigenvalue weighted by Crippen LogP contribution is 2.03. The minimum atomic E-state index is 0.562. The van der Waals surface area contributed by atoms with Gasteiger partial charge in [-0.05, 0) is 18.4 Å². The fourth-order valence-corrected chi connectivity index (χ4v) is 0.722. The van der Waals surface area contributed by atoms with E-state index in [-0.39, 0.29) is 0 Å². The van der Waals surface area contributed by atoms with E-state index in [0.717, 1.165) is 12.1 Å². The fourth-order valence-electron chi connectivity index (χ4n) is 0.722. The molecule has 0 radical (unpaired) electrons. The van der Waals surface area contributed by atoms with Crippen LogP contribution in [0.15, 0.2) is 17.6 Å². The number of nitrogens with zero attached hydrogens (tertiary/aromatic N) is 1. The molecule has 1 heteroatoms. The van der Waals surface area contributed by atoms with Crippen LogP contribution in [0.4, 0.5) is 0 Å². The molecule has 0 aliphatic heterocycles. The van der Waals surface area contributed by atoms with Crippen molar-refractivity contribution in [2.45, 2.75) is 20.3 Å². The molecule has 0 aromatic rings. The van der Waals surface area contributed by atoms with Crippen LogP contribution in [0.25, 0.3) is 0 Å². The first-order valence-corrected chi connectivity index (χ1v) is 3.35. The van der Waals surface area contributed by atoms with Crippen molar-refractivity contribution in [1.29, 1.82) is 0 Å². The van der Waals surface area contributed by atoms with Gasteiger partial charge in [0.05, 0.1) is 0 Å². The van der Waals surface area contributed by atoms with Gasteiger partial charge in [-0.3, -0.25) is 4.99 Å². The zero-order valence-corrected chi connectivity index (χ0v) is 6.52. The number of hydrogen-bond acceptors (Lipinski definition) is 1. The molecule has 0 fully saturated rings. The summed E-state index contributed by atoms with van der Waals surface area (Å²) in [6, 6.07) is 0. The Morgan fingerprint density at radius 1 is 1.78 bits per heavy atom. The molecule has 0 N–H and O–H groups in total. The smallest absolute Gasteiger partial charge is 0.0367 e. The van der Waals surface area contributed by atoms with Gasteiger partial charge in [-0.1, -0.05) is 20.4 Å². The van der Waals surface area contributed by atoms with E-state index < -0.39 is 0 Å². The van der Waals surface area contributed by atoms with Crippen molar-refractivity contribution in [3.63, 3.8) is 0 Å². The molecule has 0 amide bonds. The monoisotopic (exact) mass is 125 g/mol. The first-order chi connectivity index (χ1) is 4.26. The predicted molar refractivity (Wildman–Crippen MR) is 43.0 cm³/mol. The van der Waals surface area contributed by atoms with Gasteiger partial charge in [-0.25, -0.2) is 0 Å². The largest absolute Gasteiger partial charge is 0.293 e. The van der Waals surface area contributed by atoms with E-state index in [1.54, 1.807) is 0 Å². The summed E-state index contributed by atoms with van der Waals surface area (Å²) in [5.41, 5.74) is 1.11. The van der Waals surface area contributed by atoms with E-state index in [1.807, 2.05) is 13.1 Å². The standard InChI is InChI=1S/C8H15N/c1-5-7(3)8(6-2)9-4/h6-7H,2,5H2,1,3-4H3. The van der Waals surface area contributed by atoms with Crippen LogP contribution in [-0.2, 0) is 0 Å². The van der Waals surface area contributed by atoms with Crippen molar-refractivity contribution in [3.8, 4) is 0 Å². The molecule has 52 valence electrons. The summed E-state index contributed by atoms with van der Waals surface area (Å²) < 4.78 is 0. The van der Waals surface area contributed by atoms with Crippen molar-refractivity contribution < 1.29 is 0 Å². The van der Waals surface area contributed by atoms with Crippen LogP contribution in [0, 0.1) is 5.92 Å².